The third-order valence-corrected chi connectivity index (χ3v) is 6.14. The standard InChI is InChI=1S/C23H32N4O2S/c1-17-15-27(16-18(2)29-17)22(28)20-9-7-19(8-10-20)14-25-23(24-3)26(4)12-11-21-6-5-13-30-21/h5-10,13,17-18H,11-12,14-16H2,1-4H3,(H,24,25). The van der Waals surface area contributed by atoms with Gasteiger partial charge in [0.25, 0.3) is 5.91 Å². The Morgan fingerprint density at radius 2 is 1.93 bits per heavy atom. The van der Waals surface area contributed by atoms with Crippen molar-refractivity contribution in [2.75, 3.05) is 33.7 Å². The molecule has 1 aromatic heterocycles. The molecule has 0 bridgehead atoms. The Labute approximate surface area is 183 Å². The first kappa shape index (κ1) is 22.3. The molecule has 2 unspecified atom stereocenters. The molecule has 1 aromatic carbocycles. The van der Waals surface area contributed by atoms with E-state index in [2.05, 4.69) is 39.8 Å². The Morgan fingerprint density at radius 1 is 1.23 bits per heavy atom. The molecule has 1 aliphatic rings. The highest BCUT2D eigenvalue weighted by Gasteiger charge is 2.26. The molecule has 1 saturated heterocycles. The molecule has 0 aliphatic carbocycles. The van der Waals surface area contributed by atoms with E-state index in [4.69, 9.17) is 4.74 Å². The molecule has 2 heterocycles. The van der Waals surface area contributed by atoms with Crippen LogP contribution in [0.4, 0.5) is 0 Å². The van der Waals surface area contributed by atoms with Gasteiger partial charge in [-0.15, -0.1) is 11.3 Å². The van der Waals surface area contributed by atoms with Gasteiger partial charge in [0, 0.05) is 50.7 Å². The fraction of sp³-hybridized carbons (Fsp3) is 0.478. The lowest BCUT2D eigenvalue weighted by molar-refractivity contribution is -0.0586. The summed E-state index contributed by atoms with van der Waals surface area (Å²) in [6.45, 7) is 6.87. The number of nitrogens with zero attached hydrogens (tertiary/aromatic N) is 3. The van der Waals surface area contributed by atoms with Crippen LogP contribution in [0.2, 0.25) is 0 Å². The van der Waals surface area contributed by atoms with Crippen LogP contribution in [0.25, 0.3) is 0 Å². The number of ether oxygens (including phenoxy) is 1. The largest absolute Gasteiger partial charge is 0.372 e. The van der Waals surface area contributed by atoms with Crippen LogP contribution in [-0.2, 0) is 17.7 Å². The maximum absolute atomic E-state index is 12.8. The minimum atomic E-state index is 0.0700. The second-order valence-electron chi connectivity index (χ2n) is 7.82. The number of carbonyl (C=O) groups excluding carboxylic acids is 1. The van der Waals surface area contributed by atoms with Crippen LogP contribution in [0.1, 0.15) is 34.6 Å². The smallest absolute Gasteiger partial charge is 0.254 e. The van der Waals surface area contributed by atoms with Crippen molar-refractivity contribution in [2.45, 2.75) is 39.0 Å². The molecule has 2 aromatic rings. The highest BCUT2D eigenvalue weighted by atomic mass is 32.1. The van der Waals surface area contributed by atoms with E-state index in [0.29, 0.717) is 19.6 Å². The van der Waals surface area contributed by atoms with E-state index < -0.39 is 0 Å². The van der Waals surface area contributed by atoms with Crippen LogP contribution < -0.4 is 5.32 Å². The topological polar surface area (TPSA) is 57.2 Å². The number of amides is 1. The van der Waals surface area contributed by atoms with Crippen molar-refractivity contribution < 1.29 is 9.53 Å². The van der Waals surface area contributed by atoms with E-state index in [0.717, 1.165) is 30.1 Å². The summed E-state index contributed by atoms with van der Waals surface area (Å²) in [6.07, 6.45) is 1.15. The number of hydrogen-bond donors (Lipinski definition) is 1. The summed E-state index contributed by atoms with van der Waals surface area (Å²) >= 11 is 1.78. The molecule has 30 heavy (non-hydrogen) atoms. The third-order valence-electron chi connectivity index (χ3n) is 5.21. The van der Waals surface area contributed by atoms with Crippen LogP contribution in [0.3, 0.4) is 0 Å². The second kappa shape index (κ2) is 10.6. The highest BCUT2D eigenvalue weighted by Crippen LogP contribution is 2.15. The SMILES string of the molecule is CN=C(NCc1ccc(C(=O)N2CC(C)OC(C)C2)cc1)N(C)CCc1cccs1. The fourth-order valence-corrected chi connectivity index (χ4v) is 4.39. The van der Waals surface area contributed by atoms with Gasteiger partial charge < -0.3 is 19.9 Å². The molecule has 1 amide bonds. The summed E-state index contributed by atoms with van der Waals surface area (Å²) in [6, 6.07) is 12.1. The molecular formula is C23H32N4O2S. The molecule has 7 heteroatoms. The van der Waals surface area contributed by atoms with Gasteiger partial charge in [-0.25, -0.2) is 0 Å². The fourth-order valence-electron chi connectivity index (χ4n) is 3.70. The number of nitrogens with one attached hydrogen (secondary N) is 1. The lowest BCUT2D eigenvalue weighted by Gasteiger charge is -2.35. The zero-order chi connectivity index (χ0) is 21.5. The minimum absolute atomic E-state index is 0.0700. The Hall–Kier alpha value is -2.38. The number of rotatable bonds is 6. The zero-order valence-electron chi connectivity index (χ0n) is 18.3. The zero-order valence-corrected chi connectivity index (χ0v) is 19.1. The molecular weight excluding hydrogens is 396 g/mol. The predicted molar refractivity (Wildman–Crippen MR) is 123 cm³/mol. The van der Waals surface area contributed by atoms with Crippen molar-refractivity contribution >= 4 is 23.2 Å². The van der Waals surface area contributed by atoms with E-state index in [1.807, 2.05) is 43.0 Å². The van der Waals surface area contributed by atoms with Crippen LogP contribution in [0.15, 0.2) is 46.8 Å². The average molecular weight is 429 g/mol. The van der Waals surface area contributed by atoms with Crippen molar-refractivity contribution in [3.8, 4) is 0 Å². The summed E-state index contributed by atoms with van der Waals surface area (Å²) in [5, 5.41) is 5.51. The first-order chi connectivity index (χ1) is 14.5. The van der Waals surface area contributed by atoms with Gasteiger partial charge in [-0.3, -0.25) is 9.79 Å². The van der Waals surface area contributed by atoms with E-state index >= 15 is 0 Å². The number of hydrogen-bond acceptors (Lipinski definition) is 4. The number of carbonyl (C=O) groups is 1. The van der Waals surface area contributed by atoms with Crippen molar-refractivity contribution in [3.05, 3.63) is 57.8 Å². The number of likely N-dealkylation sites (N-methyl/N-ethyl adjacent to an activating group) is 1. The summed E-state index contributed by atoms with van der Waals surface area (Å²) < 4.78 is 5.73. The predicted octanol–water partition coefficient (Wildman–Crippen LogP) is 3.25. The molecule has 1 aliphatic heterocycles. The van der Waals surface area contributed by atoms with Crippen molar-refractivity contribution in [1.29, 1.82) is 0 Å². The number of benzene rings is 1. The number of guanidine groups is 1. The molecule has 1 N–H and O–H groups in total. The van der Waals surface area contributed by atoms with Gasteiger partial charge in [0.1, 0.15) is 0 Å². The highest BCUT2D eigenvalue weighted by molar-refractivity contribution is 7.09. The van der Waals surface area contributed by atoms with Crippen LogP contribution in [0.5, 0.6) is 0 Å². The lowest BCUT2D eigenvalue weighted by atomic mass is 10.1. The van der Waals surface area contributed by atoms with E-state index in [-0.39, 0.29) is 18.1 Å². The molecule has 0 saturated carbocycles. The normalized spacial score (nSPS) is 19.6. The Morgan fingerprint density at radius 3 is 2.53 bits per heavy atom. The molecule has 162 valence electrons. The van der Waals surface area contributed by atoms with Gasteiger partial charge in [0.15, 0.2) is 5.96 Å². The first-order valence-electron chi connectivity index (χ1n) is 10.4. The molecule has 1 fully saturated rings. The van der Waals surface area contributed by atoms with Gasteiger partial charge >= 0.3 is 0 Å². The van der Waals surface area contributed by atoms with Crippen molar-refractivity contribution in [2.24, 2.45) is 4.99 Å². The molecule has 0 radical (unpaired) electrons. The number of thiophene rings is 1. The monoisotopic (exact) mass is 428 g/mol. The van der Waals surface area contributed by atoms with Gasteiger partial charge in [-0.05, 0) is 49.4 Å². The van der Waals surface area contributed by atoms with Gasteiger partial charge in [0.05, 0.1) is 12.2 Å². The second-order valence-corrected chi connectivity index (χ2v) is 8.85. The van der Waals surface area contributed by atoms with Crippen molar-refractivity contribution in [1.82, 2.24) is 15.1 Å². The Balaban J connectivity index is 1.51. The van der Waals surface area contributed by atoms with E-state index in [9.17, 15) is 4.79 Å². The molecule has 6 nitrogen and oxygen atoms in total. The Kier molecular flexibility index (Phi) is 7.87. The number of aliphatic imine (C=N–C) groups is 1. The molecule has 3 rings (SSSR count). The summed E-state index contributed by atoms with van der Waals surface area (Å²) in [7, 11) is 3.85. The molecule has 0 spiro atoms. The Bertz CT molecular complexity index is 825. The van der Waals surface area contributed by atoms with Crippen molar-refractivity contribution in [3.63, 3.8) is 0 Å². The number of morpholine rings is 1. The van der Waals surface area contributed by atoms with Gasteiger partial charge in [-0.2, -0.15) is 0 Å². The first-order valence-corrected chi connectivity index (χ1v) is 11.3. The van der Waals surface area contributed by atoms with Gasteiger partial charge in [-0.1, -0.05) is 18.2 Å². The minimum Gasteiger partial charge on any atom is -0.372 e. The van der Waals surface area contributed by atoms with Crippen LogP contribution in [0, 0.1) is 0 Å². The van der Waals surface area contributed by atoms with E-state index in [1.165, 1.54) is 4.88 Å². The van der Waals surface area contributed by atoms with Gasteiger partial charge in [0.2, 0.25) is 0 Å². The maximum Gasteiger partial charge on any atom is 0.254 e. The molecule has 2 atom stereocenters. The lowest BCUT2D eigenvalue weighted by Crippen LogP contribution is -2.48. The summed E-state index contributed by atoms with van der Waals surface area (Å²) in [5.41, 5.74) is 1.83. The maximum atomic E-state index is 12.8. The summed E-state index contributed by atoms with van der Waals surface area (Å²) in [5.74, 6) is 0.934. The summed E-state index contributed by atoms with van der Waals surface area (Å²) in [4.78, 5) is 22.6. The average Bonchev–Trinajstić information content (AvgIpc) is 3.25. The third kappa shape index (κ3) is 6.06. The quantitative estimate of drug-likeness (QED) is 0.567. The van der Waals surface area contributed by atoms with Crippen LogP contribution in [-0.4, -0.2) is 67.6 Å². The van der Waals surface area contributed by atoms with E-state index in [1.54, 1.807) is 18.4 Å². The van der Waals surface area contributed by atoms with Crippen LogP contribution >= 0.6 is 11.3 Å².